The van der Waals surface area contributed by atoms with Crippen LogP contribution in [0.5, 0.6) is 0 Å². The summed E-state index contributed by atoms with van der Waals surface area (Å²) in [5.41, 5.74) is 2.08. The summed E-state index contributed by atoms with van der Waals surface area (Å²) in [6, 6.07) is 13.4. The Labute approximate surface area is 128 Å². The Morgan fingerprint density at radius 1 is 0.895 bits per heavy atom. The molecule has 0 heterocycles. The average molecular weight is 315 g/mol. The number of anilines is 1. The standard InChI is InChI=1S/C15H14Cl3N/c16-12-7-8-15(14(18)10-12)19-9-3-5-11-4-1-2-6-13(11)17/h1-2,4,6-8,10,19H,3,5,9H2. The molecule has 0 aliphatic heterocycles. The second-order valence-corrected chi connectivity index (χ2v) is 5.50. The summed E-state index contributed by atoms with van der Waals surface area (Å²) in [4.78, 5) is 0. The molecule has 0 fully saturated rings. The summed E-state index contributed by atoms with van der Waals surface area (Å²) < 4.78 is 0. The summed E-state index contributed by atoms with van der Waals surface area (Å²) in [6.45, 7) is 0.840. The third kappa shape index (κ3) is 4.31. The van der Waals surface area contributed by atoms with Crippen LogP contribution in [-0.4, -0.2) is 6.54 Å². The lowest BCUT2D eigenvalue weighted by molar-refractivity contribution is 0.863. The molecular weight excluding hydrogens is 301 g/mol. The van der Waals surface area contributed by atoms with E-state index < -0.39 is 0 Å². The molecule has 0 unspecified atom stereocenters. The Kier molecular flexibility index (Phi) is 5.38. The number of halogens is 3. The largest absolute Gasteiger partial charge is 0.384 e. The molecule has 1 N–H and O–H groups in total. The highest BCUT2D eigenvalue weighted by atomic mass is 35.5. The Morgan fingerprint density at radius 2 is 1.68 bits per heavy atom. The predicted octanol–water partition coefficient (Wildman–Crippen LogP) is 5.69. The van der Waals surface area contributed by atoms with Gasteiger partial charge in [-0.3, -0.25) is 0 Å². The van der Waals surface area contributed by atoms with Crippen molar-refractivity contribution in [1.29, 1.82) is 0 Å². The van der Waals surface area contributed by atoms with Crippen molar-refractivity contribution in [3.63, 3.8) is 0 Å². The van der Waals surface area contributed by atoms with E-state index in [1.165, 1.54) is 5.56 Å². The third-order valence-corrected chi connectivity index (χ3v) is 3.74. The van der Waals surface area contributed by atoms with E-state index >= 15 is 0 Å². The molecule has 100 valence electrons. The molecule has 0 saturated heterocycles. The maximum atomic E-state index is 6.11. The second-order valence-electron chi connectivity index (χ2n) is 4.25. The van der Waals surface area contributed by atoms with Gasteiger partial charge < -0.3 is 5.32 Å². The normalized spacial score (nSPS) is 10.5. The minimum Gasteiger partial charge on any atom is -0.384 e. The van der Waals surface area contributed by atoms with Gasteiger partial charge in [-0.25, -0.2) is 0 Å². The predicted molar refractivity (Wildman–Crippen MR) is 84.7 cm³/mol. The van der Waals surface area contributed by atoms with Gasteiger partial charge in [0.15, 0.2) is 0 Å². The van der Waals surface area contributed by atoms with E-state index in [4.69, 9.17) is 34.8 Å². The van der Waals surface area contributed by atoms with Gasteiger partial charge in [0.1, 0.15) is 0 Å². The number of hydrogen-bond donors (Lipinski definition) is 1. The zero-order chi connectivity index (χ0) is 13.7. The summed E-state index contributed by atoms with van der Waals surface area (Å²) in [6.07, 6.45) is 1.93. The minimum absolute atomic E-state index is 0.644. The molecule has 2 aromatic carbocycles. The van der Waals surface area contributed by atoms with Crippen LogP contribution < -0.4 is 5.32 Å². The third-order valence-electron chi connectivity index (χ3n) is 2.83. The molecule has 0 atom stereocenters. The van der Waals surface area contributed by atoms with Crippen molar-refractivity contribution in [2.75, 3.05) is 11.9 Å². The number of benzene rings is 2. The lowest BCUT2D eigenvalue weighted by Gasteiger charge is -2.09. The van der Waals surface area contributed by atoms with Gasteiger partial charge >= 0.3 is 0 Å². The Morgan fingerprint density at radius 3 is 2.42 bits per heavy atom. The van der Waals surface area contributed by atoms with Gasteiger partial charge in [-0.05, 0) is 42.7 Å². The monoisotopic (exact) mass is 313 g/mol. The van der Waals surface area contributed by atoms with Gasteiger partial charge in [0.2, 0.25) is 0 Å². The van der Waals surface area contributed by atoms with Crippen LogP contribution >= 0.6 is 34.8 Å². The van der Waals surface area contributed by atoms with E-state index in [-0.39, 0.29) is 0 Å². The smallest absolute Gasteiger partial charge is 0.0652 e. The van der Waals surface area contributed by atoms with Gasteiger partial charge in [-0.1, -0.05) is 53.0 Å². The molecule has 0 radical (unpaired) electrons. The summed E-state index contributed by atoms with van der Waals surface area (Å²) in [7, 11) is 0. The van der Waals surface area contributed by atoms with E-state index in [1.54, 1.807) is 6.07 Å². The van der Waals surface area contributed by atoms with Crippen LogP contribution in [0.3, 0.4) is 0 Å². The van der Waals surface area contributed by atoms with Gasteiger partial charge in [0, 0.05) is 16.6 Å². The molecule has 0 aromatic heterocycles. The molecule has 4 heteroatoms. The van der Waals surface area contributed by atoms with Crippen molar-refractivity contribution < 1.29 is 0 Å². The van der Waals surface area contributed by atoms with Crippen molar-refractivity contribution in [3.05, 3.63) is 63.1 Å². The van der Waals surface area contributed by atoms with Crippen LogP contribution in [-0.2, 0) is 6.42 Å². The van der Waals surface area contributed by atoms with Crippen LogP contribution in [0.25, 0.3) is 0 Å². The molecule has 0 aliphatic rings. The van der Waals surface area contributed by atoms with Crippen LogP contribution in [0, 0.1) is 0 Å². The van der Waals surface area contributed by atoms with Crippen molar-refractivity contribution in [3.8, 4) is 0 Å². The zero-order valence-corrected chi connectivity index (χ0v) is 12.6. The first-order chi connectivity index (χ1) is 9.16. The Hall–Kier alpha value is -0.890. The molecule has 0 saturated carbocycles. The van der Waals surface area contributed by atoms with Gasteiger partial charge in [0.25, 0.3) is 0 Å². The molecule has 0 spiro atoms. The van der Waals surface area contributed by atoms with E-state index in [2.05, 4.69) is 11.4 Å². The first-order valence-electron chi connectivity index (χ1n) is 6.09. The van der Waals surface area contributed by atoms with Crippen molar-refractivity contribution in [1.82, 2.24) is 0 Å². The minimum atomic E-state index is 0.644. The fourth-order valence-electron chi connectivity index (χ4n) is 1.84. The summed E-state index contributed by atoms with van der Waals surface area (Å²) in [5.74, 6) is 0. The highest BCUT2D eigenvalue weighted by Gasteiger charge is 2.01. The number of nitrogens with one attached hydrogen (secondary N) is 1. The molecular formula is C15H14Cl3N. The van der Waals surface area contributed by atoms with E-state index in [0.717, 1.165) is 30.1 Å². The topological polar surface area (TPSA) is 12.0 Å². The maximum Gasteiger partial charge on any atom is 0.0652 e. The Bertz CT molecular complexity index is 555. The van der Waals surface area contributed by atoms with Crippen molar-refractivity contribution in [2.45, 2.75) is 12.8 Å². The number of rotatable bonds is 5. The number of hydrogen-bond acceptors (Lipinski definition) is 1. The van der Waals surface area contributed by atoms with Crippen LogP contribution in [0.1, 0.15) is 12.0 Å². The SMILES string of the molecule is Clc1ccc(NCCCc2ccccc2Cl)c(Cl)c1. The molecule has 2 aromatic rings. The second kappa shape index (κ2) is 7.04. The highest BCUT2D eigenvalue weighted by molar-refractivity contribution is 6.36. The molecule has 19 heavy (non-hydrogen) atoms. The van der Waals surface area contributed by atoms with E-state index in [1.807, 2.05) is 30.3 Å². The quantitative estimate of drug-likeness (QED) is 0.699. The van der Waals surface area contributed by atoms with Crippen LogP contribution in [0.15, 0.2) is 42.5 Å². The lowest BCUT2D eigenvalue weighted by Crippen LogP contribution is -2.03. The molecule has 0 amide bonds. The first kappa shape index (κ1) is 14.5. The van der Waals surface area contributed by atoms with Crippen molar-refractivity contribution in [2.24, 2.45) is 0 Å². The van der Waals surface area contributed by atoms with Crippen LogP contribution in [0.4, 0.5) is 5.69 Å². The number of aryl methyl sites for hydroxylation is 1. The molecule has 2 rings (SSSR count). The highest BCUT2D eigenvalue weighted by Crippen LogP contribution is 2.25. The lowest BCUT2D eigenvalue weighted by atomic mass is 10.1. The summed E-state index contributed by atoms with van der Waals surface area (Å²) >= 11 is 18.0. The van der Waals surface area contributed by atoms with Crippen molar-refractivity contribution >= 4 is 40.5 Å². The maximum absolute atomic E-state index is 6.11. The van der Waals surface area contributed by atoms with Crippen LogP contribution in [0.2, 0.25) is 15.1 Å². The van der Waals surface area contributed by atoms with E-state index in [9.17, 15) is 0 Å². The first-order valence-corrected chi connectivity index (χ1v) is 7.22. The molecule has 1 nitrogen and oxygen atoms in total. The fraction of sp³-hybridized carbons (Fsp3) is 0.200. The fourth-order valence-corrected chi connectivity index (χ4v) is 2.54. The van der Waals surface area contributed by atoms with Gasteiger partial charge in [-0.2, -0.15) is 0 Å². The van der Waals surface area contributed by atoms with Gasteiger partial charge in [0.05, 0.1) is 10.7 Å². The summed E-state index contributed by atoms with van der Waals surface area (Å²) in [5, 5.41) is 5.41. The molecule has 0 aliphatic carbocycles. The van der Waals surface area contributed by atoms with Gasteiger partial charge in [-0.15, -0.1) is 0 Å². The zero-order valence-electron chi connectivity index (χ0n) is 10.3. The Balaban J connectivity index is 1.83. The average Bonchev–Trinajstić information content (AvgIpc) is 2.38. The molecule has 0 bridgehead atoms. The van der Waals surface area contributed by atoms with E-state index in [0.29, 0.717) is 10.0 Å².